The van der Waals surface area contributed by atoms with Gasteiger partial charge in [-0.2, -0.15) is 4.31 Å². The number of nitrogens with zero attached hydrogens (tertiary/aromatic N) is 1. The fraction of sp³-hybridized carbons (Fsp3) is 0.316. The molecule has 0 aliphatic carbocycles. The summed E-state index contributed by atoms with van der Waals surface area (Å²) in [6.07, 6.45) is 0.0840. The molecule has 27 heavy (non-hydrogen) atoms. The maximum Gasteiger partial charge on any atom is 0.411 e. The Bertz CT molecular complexity index is 926. The van der Waals surface area contributed by atoms with Crippen molar-refractivity contribution in [2.75, 3.05) is 25.6 Å². The molecule has 7 nitrogen and oxygen atoms in total. The molecule has 8 heteroatoms. The second kappa shape index (κ2) is 7.98. The molecule has 3 rings (SSSR count). The zero-order valence-electron chi connectivity index (χ0n) is 15.3. The SMILES string of the molecule is CCOC(=O)Nc1ccc2c(c1)CN(S(=O)(=O)c1ccc(OC)cc1)CC2. The van der Waals surface area contributed by atoms with Crippen LogP contribution in [0.3, 0.4) is 0 Å². The van der Waals surface area contributed by atoms with Crippen LogP contribution < -0.4 is 10.1 Å². The first-order chi connectivity index (χ1) is 12.9. The minimum absolute atomic E-state index is 0.229. The molecule has 0 radical (unpaired) electrons. The number of carbonyl (C=O) groups excluding carboxylic acids is 1. The molecular formula is C19H22N2O5S. The molecule has 1 amide bonds. The van der Waals surface area contributed by atoms with Gasteiger partial charge >= 0.3 is 6.09 Å². The highest BCUT2D eigenvalue weighted by molar-refractivity contribution is 7.89. The number of carbonyl (C=O) groups is 1. The summed E-state index contributed by atoms with van der Waals surface area (Å²) in [5, 5.41) is 2.65. The average molecular weight is 390 g/mol. The standard InChI is InChI=1S/C19H22N2O5S/c1-3-26-19(22)20-16-5-4-14-10-11-21(13-15(14)12-16)27(23,24)18-8-6-17(25-2)7-9-18/h4-9,12H,3,10-11,13H2,1-2H3,(H,20,22). The first-order valence-corrected chi connectivity index (χ1v) is 10.1. The summed E-state index contributed by atoms with van der Waals surface area (Å²) in [4.78, 5) is 11.8. The number of rotatable bonds is 5. The highest BCUT2D eigenvalue weighted by Crippen LogP contribution is 2.27. The van der Waals surface area contributed by atoms with E-state index in [1.165, 1.54) is 11.4 Å². The number of hydrogen-bond donors (Lipinski definition) is 1. The summed E-state index contributed by atoms with van der Waals surface area (Å²) in [5.74, 6) is 0.604. The van der Waals surface area contributed by atoms with Gasteiger partial charge in [0.15, 0.2) is 0 Å². The van der Waals surface area contributed by atoms with E-state index in [2.05, 4.69) is 5.32 Å². The van der Waals surface area contributed by atoms with Crippen LogP contribution in [0.25, 0.3) is 0 Å². The summed E-state index contributed by atoms with van der Waals surface area (Å²) in [7, 11) is -2.07. The average Bonchev–Trinajstić information content (AvgIpc) is 2.67. The number of nitrogens with one attached hydrogen (secondary N) is 1. The van der Waals surface area contributed by atoms with E-state index in [1.807, 2.05) is 6.07 Å². The lowest BCUT2D eigenvalue weighted by Crippen LogP contribution is -2.36. The van der Waals surface area contributed by atoms with Gasteiger partial charge in [-0.25, -0.2) is 13.2 Å². The van der Waals surface area contributed by atoms with E-state index in [0.29, 0.717) is 24.4 Å². The van der Waals surface area contributed by atoms with Crippen molar-refractivity contribution in [1.29, 1.82) is 0 Å². The third-order valence-corrected chi connectivity index (χ3v) is 6.26. The number of benzene rings is 2. The molecule has 1 heterocycles. The Morgan fingerprint density at radius 3 is 2.56 bits per heavy atom. The van der Waals surface area contributed by atoms with Crippen LogP contribution in [0.1, 0.15) is 18.1 Å². The highest BCUT2D eigenvalue weighted by Gasteiger charge is 2.28. The first-order valence-electron chi connectivity index (χ1n) is 8.64. The van der Waals surface area contributed by atoms with E-state index in [1.54, 1.807) is 43.3 Å². The number of ether oxygens (including phenoxy) is 2. The predicted molar refractivity (Wildman–Crippen MR) is 101 cm³/mol. The molecule has 0 saturated heterocycles. The van der Waals surface area contributed by atoms with Gasteiger partial charge in [-0.05, 0) is 60.9 Å². The lowest BCUT2D eigenvalue weighted by Gasteiger charge is -2.28. The molecule has 1 aliphatic rings. The zero-order valence-corrected chi connectivity index (χ0v) is 16.1. The number of hydrogen-bond acceptors (Lipinski definition) is 5. The molecule has 0 spiro atoms. The van der Waals surface area contributed by atoms with Gasteiger partial charge in [0.2, 0.25) is 10.0 Å². The monoisotopic (exact) mass is 390 g/mol. The fourth-order valence-corrected chi connectivity index (χ4v) is 4.41. The van der Waals surface area contributed by atoms with Gasteiger partial charge in [-0.1, -0.05) is 6.07 Å². The quantitative estimate of drug-likeness (QED) is 0.848. The van der Waals surface area contributed by atoms with Crippen molar-refractivity contribution in [3.05, 3.63) is 53.6 Å². The van der Waals surface area contributed by atoms with Crippen LogP contribution in [0.4, 0.5) is 10.5 Å². The van der Waals surface area contributed by atoms with E-state index in [0.717, 1.165) is 11.1 Å². The molecule has 1 N–H and O–H groups in total. The van der Waals surface area contributed by atoms with Crippen LogP contribution >= 0.6 is 0 Å². The van der Waals surface area contributed by atoms with Crippen molar-refractivity contribution in [3.63, 3.8) is 0 Å². The van der Waals surface area contributed by atoms with Gasteiger partial charge < -0.3 is 9.47 Å². The molecule has 2 aromatic carbocycles. The second-order valence-corrected chi connectivity index (χ2v) is 8.03. The first kappa shape index (κ1) is 19.2. The van der Waals surface area contributed by atoms with Crippen molar-refractivity contribution in [2.24, 2.45) is 0 Å². The minimum atomic E-state index is -3.61. The van der Waals surface area contributed by atoms with E-state index in [9.17, 15) is 13.2 Å². The van der Waals surface area contributed by atoms with Gasteiger partial charge in [0.25, 0.3) is 0 Å². The third-order valence-electron chi connectivity index (χ3n) is 4.40. The predicted octanol–water partition coefficient (Wildman–Crippen LogP) is 3.01. The van der Waals surface area contributed by atoms with Crippen molar-refractivity contribution in [1.82, 2.24) is 4.31 Å². The Morgan fingerprint density at radius 1 is 1.15 bits per heavy atom. The smallest absolute Gasteiger partial charge is 0.411 e. The number of methoxy groups -OCH3 is 1. The van der Waals surface area contributed by atoms with Crippen LogP contribution in [0.2, 0.25) is 0 Å². The van der Waals surface area contributed by atoms with Crippen LogP contribution in [-0.2, 0) is 27.7 Å². The Balaban J connectivity index is 1.80. The third kappa shape index (κ3) is 4.23. The van der Waals surface area contributed by atoms with Gasteiger partial charge in [-0.15, -0.1) is 0 Å². The van der Waals surface area contributed by atoms with E-state index in [4.69, 9.17) is 9.47 Å². The molecule has 0 bridgehead atoms. The maximum atomic E-state index is 12.9. The summed E-state index contributed by atoms with van der Waals surface area (Å²) >= 11 is 0. The molecule has 0 unspecified atom stereocenters. The lowest BCUT2D eigenvalue weighted by molar-refractivity contribution is 0.168. The topological polar surface area (TPSA) is 84.9 Å². The van der Waals surface area contributed by atoms with Gasteiger partial charge in [0.1, 0.15) is 5.75 Å². The maximum absolute atomic E-state index is 12.9. The van der Waals surface area contributed by atoms with Crippen molar-refractivity contribution >= 4 is 21.8 Å². The fourth-order valence-electron chi connectivity index (χ4n) is 3.00. The summed E-state index contributed by atoms with van der Waals surface area (Å²) in [6.45, 7) is 2.67. The van der Waals surface area contributed by atoms with Crippen LogP contribution in [-0.4, -0.2) is 39.1 Å². The summed E-state index contributed by atoms with van der Waals surface area (Å²) < 4.78 is 37.3. The Morgan fingerprint density at radius 2 is 1.89 bits per heavy atom. The Hall–Kier alpha value is -2.58. The van der Waals surface area contributed by atoms with E-state index < -0.39 is 16.1 Å². The number of sulfonamides is 1. The number of fused-ring (bicyclic) bond motifs is 1. The number of amides is 1. The van der Waals surface area contributed by atoms with Crippen LogP contribution in [0.5, 0.6) is 5.75 Å². The Labute approximate surface area is 158 Å². The lowest BCUT2D eigenvalue weighted by atomic mass is 10.0. The van der Waals surface area contributed by atoms with E-state index >= 15 is 0 Å². The summed E-state index contributed by atoms with van der Waals surface area (Å²) in [6, 6.07) is 11.8. The van der Waals surface area contributed by atoms with Crippen molar-refractivity contribution in [3.8, 4) is 5.75 Å². The van der Waals surface area contributed by atoms with Gasteiger partial charge in [-0.3, -0.25) is 5.32 Å². The van der Waals surface area contributed by atoms with Crippen molar-refractivity contribution in [2.45, 2.75) is 24.8 Å². The van der Waals surface area contributed by atoms with E-state index in [-0.39, 0.29) is 18.0 Å². The molecule has 0 aromatic heterocycles. The molecule has 0 fully saturated rings. The van der Waals surface area contributed by atoms with Gasteiger partial charge in [0.05, 0.1) is 18.6 Å². The molecule has 144 valence electrons. The van der Waals surface area contributed by atoms with Crippen LogP contribution in [0.15, 0.2) is 47.4 Å². The number of anilines is 1. The molecule has 1 aliphatic heterocycles. The molecular weight excluding hydrogens is 368 g/mol. The summed E-state index contributed by atoms with van der Waals surface area (Å²) in [5.41, 5.74) is 2.52. The molecule has 0 atom stereocenters. The minimum Gasteiger partial charge on any atom is -0.497 e. The molecule has 0 saturated carbocycles. The highest BCUT2D eigenvalue weighted by atomic mass is 32.2. The zero-order chi connectivity index (χ0) is 19.4. The normalized spacial score (nSPS) is 14.3. The van der Waals surface area contributed by atoms with Gasteiger partial charge in [0, 0.05) is 18.8 Å². The van der Waals surface area contributed by atoms with Crippen LogP contribution in [0, 0.1) is 0 Å². The second-order valence-electron chi connectivity index (χ2n) is 6.09. The largest absolute Gasteiger partial charge is 0.497 e. The van der Waals surface area contributed by atoms with Crippen molar-refractivity contribution < 1.29 is 22.7 Å². The Kier molecular flexibility index (Phi) is 5.67. The molecule has 2 aromatic rings.